The first-order chi connectivity index (χ1) is 5.90. The second kappa shape index (κ2) is 3.36. The number of thioether (sulfide) groups is 1. The summed E-state index contributed by atoms with van der Waals surface area (Å²) >= 11 is 1.95. The van der Waals surface area contributed by atoms with Gasteiger partial charge in [0.25, 0.3) is 0 Å². The second-order valence-electron chi connectivity index (χ2n) is 3.02. The molecular formula is C11H12S. The molecule has 0 amide bonds. The molecule has 2 rings (SSSR count). The van der Waals surface area contributed by atoms with Crippen LogP contribution in [0.2, 0.25) is 0 Å². The van der Waals surface area contributed by atoms with Gasteiger partial charge in [-0.25, -0.2) is 0 Å². The minimum absolute atomic E-state index is 1.15. The van der Waals surface area contributed by atoms with Crippen LogP contribution >= 0.6 is 11.8 Å². The van der Waals surface area contributed by atoms with Crippen LogP contribution in [0, 0.1) is 0 Å². The Morgan fingerprint density at radius 2 is 2.17 bits per heavy atom. The Kier molecular flexibility index (Phi) is 2.22. The van der Waals surface area contributed by atoms with Crippen LogP contribution in [0.3, 0.4) is 0 Å². The molecule has 0 atom stereocenters. The topological polar surface area (TPSA) is 0 Å². The molecule has 0 radical (unpaired) electrons. The largest absolute Gasteiger partial charge is 0.121 e. The van der Waals surface area contributed by atoms with E-state index in [-0.39, 0.29) is 0 Å². The van der Waals surface area contributed by atoms with Gasteiger partial charge in [0.1, 0.15) is 0 Å². The van der Waals surface area contributed by atoms with E-state index in [2.05, 4.69) is 37.3 Å². The number of hydrogen-bond donors (Lipinski definition) is 0. The molecule has 0 saturated heterocycles. The van der Waals surface area contributed by atoms with Gasteiger partial charge in [0.15, 0.2) is 0 Å². The van der Waals surface area contributed by atoms with Crippen LogP contribution in [-0.2, 0) is 6.42 Å². The Balaban J connectivity index is 2.35. The predicted octanol–water partition coefficient (Wildman–Crippen LogP) is 3.28. The zero-order chi connectivity index (χ0) is 8.39. The Bertz CT molecular complexity index is 313. The van der Waals surface area contributed by atoms with Crippen molar-refractivity contribution in [2.75, 3.05) is 5.75 Å². The van der Waals surface area contributed by atoms with Gasteiger partial charge >= 0.3 is 0 Å². The summed E-state index contributed by atoms with van der Waals surface area (Å²) in [5.41, 5.74) is 3.04. The molecule has 0 unspecified atom stereocenters. The van der Waals surface area contributed by atoms with Crippen molar-refractivity contribution in [2.45, 2.75) is 18.2 Å². The summed E-state index contributed by atoms with van der Waals surface area (Å²) in [6.07, 6.45) is 3.39. The first kappa shape index (κ1) is 7.93. The van der Waals surface area contributed by atoms with E-state index in [4.69, 9.17) is 0 Å². The fourth-order valence-corrected chi connectivity index (χ4v) is 2.55. The van der Waals surface area contributed by atoms with E-state index in [0.717, 1.165) is 6.42 Å². The van der Waals surface area contributed by atoms with Gasteiger partial charge in [0.05, 0.1) is 0 Å². The summed E-state index contributed by atoms with van der Waals surface area (Å²) in [5.74, 6) is 1.17. The van der Waals surface area contributed by atoms with E-state index >= 15 is 0 Å². The maximum absolute atomic E-state index is 2.24. The average Bonchev–Trinajstić information content (AvgIpc) is 2.17. The summed E-state index contributed by atoms with van der Waals surface area (Å²) in [7, 11) is 0. The van der Waals surface area contributed by atoms with Crippen LogP contribution in [-0.4, -0.2) is 5.75 Å². The highest BCUT2D eigenvalue weighted by atomic mass is 32.2. The number of fused-ring (bicyclic) bond motifs is 1. The van der Waals surface area contributed by atoms with E-state index in [1.165, 1.54) is 16.2 Å². The summed E-state index contributed by atoms with van der Waals surface area (Å²) in [4.78, 5) is 1.46. The maximum atomic E-state index is 2.24. The fourth-order valence-electron chi connectivity index (χ4n) is 1.44. The van der Waals surface area contributed by atoms with Gasteiger partial charge in [-0.3, -0.25) is 0 Å². The zero-order valence-electron chi connectivity index (χ0n) is 7.21. The van der Waals surface area contributed by atoms with Crippen LogP contribution < -0.4 is 0 Å². The monoisotopic (exact) mass is 176 g/mol. The molecule has 1 aliphatic heterocycles. The van der Waals surface area contributed by atoms with Crippen LogP contribution in [0.4, 0.5) is 0 Å². The van der Waals surface area contributed by atoms with E-state index in [9.17, 15) is 0 Å². The van der Waals surface area contributed by atoms with Crippen molar-refractivity contribution >= 4 is 11.8 Å². The first-order valence-corrected chi connectivity index (χ1v) is 5.23. The number of rotatable bonds is 0. The van der Waals surface area contributed by atoms with Crippen molar-refractivity contribution in [1.29, 1.82) is 0 Å². The molecule has 0 saturated carbocycles. The van der Waals surface area contributed by atoms with Gasteiger partial charge in [0.2, 0.25) is 0 Å². The lowest BCUT2D eigenvalue weighted by atomic mass is 10.1. The van der Waals surface area contributed by atoms with Gasteiger partial charge in [-0.05, 0) is 25.0 Å². The lowest BCUT2D eigenvalue weighted by Crippen LogP contribution is -2.01. The van der Waals surface area contributed by atoms with E-state index in [1.54, 1.807) is 5.57 Å². The van der Waals surface area contributed by atoms with E-state index in [0.29, 0.717) is 0 Å². The molecule has 1 aliphatic rings. The molecule has 0 nitrogen and oxygen atoms in total. The minimum Gasteiger partial charge on any atom is -0.121 e. The zero-order valence-corrected chi connectivity index (χ0v) is 8.03. The highest BCUT2D eigenvalue weighted by molar-refractivity contribution is 7.99. The summed E-state index contributed by atoms with van der Waals surface area (Å²) < 4.78 is 0. The summed E-state index contributed by atoms with van der Waals surface area (Å²) in [6, 6.07) is 8.68. The Hall–Kier alpha value is -0.690. The van der Waals surface area contributed by atoms with E-state index in [1.807, 2.05) is 11.8 Å². The second-order valence-corrected chi connectivity index (χ2v) is 4.04. The van der Waals surface area contributed by atoms with Crippen molar-refractivity contribution < 1.29 is 0 Å². The predicted molar refractivity (Wildman–Crippen MR) is 54.6 cm³/mol. The number of benzene rings is 1. The molecule has 1 aromatic rings. The lowest BCUT2D eigenvalue weighted by Gasteiger charge is -2.17. The molecule has 1 aromatic carbocycles. The third kappa shape index (κ3) is 1.42. The van der Waals surface area contributed by atoms with Gasteiger partial charge in [-0.2, -0.15) is 0 Å². The molecule has 0 aliphatic carbocycles. The Morgan fingerprint density at radius 1 is 1.33 bits per heavy atom. The summed E-state index contributed by atoms with van der Waals surface area (Å²) in [6.45, 7) is 2.13. The SMILES string of the molecule is C/C=C1\CSc2ccccc2C1. The number of allylic oxidation sites excluding steroid dienone is 1. The third-order valence-electron chi connectivity index (χ3n) is 2.21. The quantitative estimate of drug-likeness (QED) is 0.547. The molecule has 0 N–H and O–H groups in total. The van der Waals surface area contributed by atoms with Gasteiger partial charge in [-0.15, -0.1) is 11.8 Å². The molecule has 0 spiro atoms. The molecule has 0 aromatic heterocycles. The Morgan fingerprint density at radius 3 is 3.00 bits per heavy atom. The summed E-state index contributed by atoms with van der Waals surface area (Å²) in [5, 5.41) is 0. The Labute approximate surface area is 77.7 Å². The van der Waals surface area contributed by atoms with Crippen molar-refractivity contribution in [3.8, 4) is 0 Å². The van der Waals surface area contributed by atoms with E-state index < -0.39 is 0 Å². The van der Waals surface area contributed by atoms with Crippen molar-refractivity contribution in [1.82, 2.24) is 0 Å². The minimum atomic E-state index is 1.15. The molecule has 12 heavy (non-hydrogen) atoms. The maximum Gasteiger partial charge on any atom is 0.0194 e. The molecule has 1 heteroatoms. The van der Waals surface area contributed by atoms with Crippen molar-refractivity contribution in [3.05, 3.63) is 41.5 Å². The first-order valence-electron chi connectivity index (χ1n) is 4.25. The van der Waals surface area contributed by atoms with Gasteiger partial charge in [0, 0.05) is 10.6 Å². The average molecular weight is 176 g/mol. The van der Waals surface area contributed by atoms with Gasteiger partial charge < -0.3 is 0 Å². The number of hydrogen-bond acceptors (Lipinski definition) is 1. The molecule has 62 valence electrons. The fraction of sp³-hybridized carbons (Fsp3) is 0.273. The van der Waals surface area contributed by atoms with Crippen molar-refractivity contribution in [2.24, 2.45) is 0 Å². The highest BCUT2D eigenvalue weighted by Crippen LogP contribution is 2.31. The highest BCUT2D eigenvalue weighted by Gasteiger charge is 2.11. The van der Waals surface area contributed by atoms with Gasteiger partial charge in [-0.1, -0.05) is 29.8 Å². The molecule has 0 fully saturated rings. The smallest absolute Gasteiger partial charge is 0.0194 e. The third-order valence-corrected chi connectivity index (χ3v) is 3.44. The van der Waals surface area contributed by atoms with Crippen LogP contribution in [0.1, 0.15) is 12.5 Å². The molecule has 1 heterocycles. The molecular weight excluding hydrogens is 164 g/mol. The standard InChI is InChI=1S/C11H12S/c1-2-9-7-10-5-3-4-6-11(10)12-8-9/h2-6H,7-8H2,1H3/b9-2-. The van der Waals surface area contributed by atoms with Crippen LogP contribution in [0.5, 0.6) is 0 Å². The normalized spacial score (nSPS) is 19.2. The van der Waals surface area contributed by atoms with Crippen LogP contribution in [0.25, 0.3) is 0 Å². The lowest BCUT2D eigenvalue weighted by molar-refractivity contribution is 1.07. The van der Waals surface area contributed by atoms with Crippen LogP contribution in [0.15, 0.2) is 40.8 Å². The molecule has 0 bridgehead atoms. The van der Waals surface area contributed by atoms with Crippen molar-refractivity contribution in [3.63, 3.8) is 0 Å².